The number of thiazole rings is 1. The molecule has 0 N–H and O–H groups in total. The Hall–Kier alpha value is -2.59. The summed E-state index contributed by atoms with van der Waals surface area (Å²) in [5.74, 6) is 1.07. The van der Waals surface area contributed by atoms with Crippen molar-refractivity contribution >= 4 is 22.4 Å². The zero-order chi connectivity index (χ0) is 16.7. The summed E-state index contributed by atoms with van der Waals surface area (Å²) in [5, 5.41) is 11.4. The SMILES string of the molecule is COc1cc(C#N)ccc1OCCCC(=O)N(C)c1nccs1. The van der Waals surface area contributed by atoms with Crippen LogP contribution in [0.4, 0.5) is 5.13 Å². The number of ether oxygens (including phenoxy) is 2. The number of amides is 1. The van der Waals surface area contributed by atoms with Crippen LogP contribution >= 0.6 is 11.3 Å². The summed E-state index contributed by atoms with van der Waals surface area (Å²) in [7, 11) is 3.24. The van der Waals surface area contributed by atoms with Crippen LogP contribution in [-0.4, -0.2) is 31.7 Å². The van der Waals surface area contributed by atoms with Gasteiger partial charge >= 0.3 is 0 Å². The van der Waals surface area contributed by atoms with Crippen molar-refractivity contribution < 1.29 is 14.3 Å². The lowest BCUT2D eigenvalue weighted by molar-refractivity contribution is -0.118. The molecule has 1 aromatic heterocycles. The summed E-state index contributed by atoms with van der Waals surface area (Å²) in [4.78, 5) is 17.7. The summed E-state index contributed by atoms with van der Waals surface area (Å²) in [6.07, 6.45) is 2.62. The Kier molecular flexibility index (Phi) is 5.94. The van der Waals surface area contributed by atoms with Gasteiger partial charge < -0.3 is 9.47 Å². The van der Waals surface area contributed by atoms with Crippen molar-refractivity contribution in [3.05, 3.63) is 35.3 Å². The maximum absolute atomic E-state index is 12.0. The molecule has 0 spiro atoms. The predicted molar refractivity (Wildman–Crippen MR) is 88.0 cm³/mol. The van der Waals surface area contributed by atoms with Gasteiger partial charge in [0.1, 0.15) is 0 Å². The van der Waals surface area contributed by atoms with Gasteiger partial charge in [0.25, 0.3) is 0 Å². The third-order valence-corrected chi connectivity index (χ3v) is 4.01. The first-order valence-corrected chi connectivity index (χ1v) is 7.90. The van der Waals surface area contributed by atoms with Crippen LogP contribution in [-0.2, 0) is 4.79 Å². The van der Waals surface area contributed by atoms with E-state index in [4.69, 9.17) is 14.7 Å². The molecule has 120 valence electrons. The summed E-state index contributed by atoms with van der Waals surface area (Å²) in [6, 6.07) is 7.03. The molecular weight excluding hydrogens is 314 g/mol. The van der Waals surface area contributed by atoms with Gasteiger partial charge in [0, 0.05) is 31.1 Å². The van der Waals surface area contributed by atoms with Gasteiger partial charge in [-0.1, -0.05) is 0 Å². The van der Waals surface area contributed by atoms with E-state index in [1.165, 1.54) is 18.4 Å². The summed E-state index contributed by atoms with van der Waals surface area (Å²) in [5.41, 5.74) is 0.509. The molecule has 6 nitrogen and oxygen atoms in total. The quantitative estimate of drug-likeness (QED) is 0.729. The van der Waals surface area contributed by atoms with Crippen LogP contribution in [0.25, 0.3) is 0 Å². The van der Waals surface area contributed by atoms with Gasteiger partial charge in [0.2, 0.25) is 5.91 Å². The average Bonchev–Trinajstić information content (AvgIpc) is 3.12. The van der Waals surface area contributed by atoms with Crippen LogP contribution in [0.1, 0.15) is 18.4 Å². The Morgan fingerprint density at radius 3 is 2.91 bits per heavy atom. The molecule has 7 heteroatoms. The fraction of sp³-hybridized carbons (Fsp3) is 0.312. The third kappa shape index (κ3) is 4.44. The Morgan fingerprint density at radius 2 is 2.26 bits per heavy atom. The van der Waals surface area contributed by atoms with Crippen LogP contribution in [0.2, 0.25) is 0 Å². The van der Waals surface area contributed by atoms with E-state index < -0.39 is 0 Å². The molecule has 0 bridgehead atoms. The van der Waals surface area contributed by atoms with Crippen molar-refractivity contribution in [2.45, 2.75) is 12.8 Å². The monoisotopic (exact) mass is 331 g/mol. The Labute approximate surface area is 138 Å². The number of nitriles is 1. The highest BCUT2D eigenvalue weighted by molar-refractivity contribution is 7.13. The molecule has 23 heavy (non-hydrogen) atoms. The van der Waals surface area contributed by atoms with E-state index >= 15 is 0 Å². The van der Waals surface area contributed by atoms with Crippen molar-refractivity contribution in [3.8, 4) is 17.6 Å². The Balaban J connectivity index is 1.81. The molecule has 0 aliphatic heterocycles. The number of hydrogen-bond donors (Lipinski definition) is 0. The molecule has 2 rings (SSSR count). The second-order valence-electron chi connectivity index (χ2n) is 4.70. The van der Waals surface area contributed by atoms with E-state index in [0.29, 0.717) is 41.6 Å². The number of methoxy groups -OCH3 is 1. The van der Waals surface area contributed by atoms with Crippen LogP contribution in [0.5, 0.6) is 11.5 Å². The number of nitrogens with zero attached hydrogens (tertiary/aromatic N) is 3. The largest absolute Gasteiger partial charge is 0.493 e. The molecule has 0 aliphatic rings. The predicted octanol–water partition coefficient (Wildman–Crippen LogP) is 2.85. The number of hydrogen-bond acceptors (Lipinski definition) is 6. The molecule has 0 fully saturated rings. The third-order valence-electron chi connectivity index (χ3n) is 3.17. The van der Waals surface area contributed by atoms with E-state index in [2.05, 4.69) is 4.98 Å². The molecule has 2 aromatic rings. The number of rotatable bonds is 7. The topological polar surface area (TPSA) is 75.5 Å². The first-order valence-electron chi connectivity index (χ1n) is 7.02. The molecule has 0 radical (unpaired) electrons. The first kappa shape index (κ1) is 16.8. The smallest absolute Gasteiger partial charge is 0.228 e. The van der Waals surface area contributed by atoms with E-state index in [-0.39, 0.29) is 5.91 Å². The number of benzene rings is 1. The molecule has 1 aromatic carbocycles. The highest BCUT2D eigenvalue weighted by Crippen LogP contribution is 2.28. The van der Waals surface area contributed by atoms with Gasteiger partial charge in [-0.25, -0.2) is 4.98 Å². The van der Waals surface area contributed by atoms with Crippen LogP contribution in [0.15, 0.2) is 29.8 Å². The summed E-state index contributed by atoms with van der Waals surface area (Å²) < 4.78 is 10.8. The fourth-order valence-corrected chi connectivity index (χ4v) is 2.54. The molecular formula is C16H17N3O3S. The highest BCUT2D eigenvalue weighted by atomic mass is 32.1. The molecule has 0 saturated carbocycles. The lowest BCUT2D eigenvalue weighted by Gasteiger charge is -2.14. The van der Waals surface area contributed by atoms with Crippen LogP contribution in [0.3, 0.4) is 0 Å². The zero-order valence-electron chi connectivity index (χ0n) is 13.0. The van der Waals surface area contributed by atoms with Gasteiger partial charge in [-0.05, 0) is 18.6 Å². The number of aromatic nitrogens is 1. The standard InChI is InChI=1S/C16H17N3O3S/c1-19(16-18-7-9-23-16)15(20)4-3-8-22-13-6-5-12(11-17)10-14(13)21-2/h5-7,9-10H,3-4,8H2,1-2H3. The zero-order valence-corrected chi connectivity index (χ0v) is 13.8. The normalized spacial score (nSPS) is 9.96. The van der Waals surface area contributed by atoms with E-state index in [1.54, 1.807) is 36.3 Å². The summed E-state index contributed by atoms with van der Waals surface area (Å²) >= 11 is 1.42. The van der Waals surface area contributed by atoms with E-state index in [0.717, 1.165) is 0 Å². The lowest BCUT2D eigenvalue weighted by Crippen LogP contribution is -2.26. The first-order chi connectivity index (χ1) is 11.2. The molecule has 1 heterocycles. The minimum absolute atomic E-state index is 0.00431. The van der Waals surface area contributed by atoms with Crippen molar-refractivity contribution in [1.82, 2.24) is 4.98 Å². The minimum atomic E-state index is -0.00431. The van der Waals surface area contributed by atoms with Crippen molar-refractivity contribution in [1.29, 1.82) is 5.26 Å². The lowest BCUT2D eigenvalue weighted by atomic mass is 10.2. The molecule has 0 aliphatic carbocycles. The van der Waals surface area contributed by atoms with E-state index in [1.807, 2.05) is 11.4 Å². The van der Waals surface area contributed by atoms with Crippen molar-refractivity contribution in [2.75, 3.05) is 25.7 Å². The Bertz CT molecular complexity index is 695. The molecule has 1 amide bonds. The molecule has 0 saturated heterocycles. The van der Waals surface area contributed by atoms with Crippen LogP contribution < -0.4 is 14.4 Å². The number of anilines is 1. The number of carbonyl (C=O) groups is 1. The maximum atomic E-state index is 12.0. The molecule has 0 atom stereocenters. The van der Waals surface area contributed by atoms with Gasteiger partial charge in [0.05, 0.1) is 25.3 Å². The van der Waals surface area contributed by atoms with Crippen LogP contribution in [0, 0.1) is 11.3 Å². The van der Waals surface area contributed by atoms with Gasteiger partial charge in [-0.3, -0.25) is 9.69 Å². The van der Waals surface area contributed by atoms with E-state index in [9.17, 15) is 4.79 Å². The summed E-state index contributed by atoms with van der Waals surface area (Å²) in [6.45, 7) is 0.389. The second-order valence-corrected chi connectivity index (χ2v) is 5.57. The maximum Gasteiger partial charge on any atom is 0.228 e. The average molecular weight is 331 g/mol. The molecule has 0 unspecified atom stereocenters. The highest BCUT2D eigenvalue weighted by Gasteiger charge is 2.13. The Morgan fingerprint density at radius 1 is 1.43 bits per heavy atom. The van der Waals surface area contributed by atoms with Gasteiger partial charge in [-0.2, -0.15) is 5.26 Å². The van der Waals surface area contributed by atoms with Crippen molar-refractivity contribution in [2.24, 2.45) is 0 Å². The van der Waals surface area contributed by atoms with Gasteiger partial charge in [-0.15, -0.1) is 11.3 Å². The van der Waals surface area contributed by atoms with Gasteiger partial charge in [0.15, 0.2) is 16.6 Å². The number of carbonyl (C=O) groups excluding carboxylic acids is 1. The van der Waals surface area contributed by atoms with Crippen molar-refractivity contribution in [3.63, 3.8) is 0 Å². The minimum Gasteiger partial charge on any atom is -0.493 e. The fourth-order valence-electron chi connectivity index (χ4n) is 1.92. The second kappa shape index (κ2) is 8.15.